The highest BCUT2D eigenvalue weighted by atomic mass is 16.5. The summed E-state index contributed by atoms with van der Waals surface area (Å²) >= 11 is 0. The fraction of sp³-hybridized carbons (Fsp3) is 0.900. The molecule has 0 bridgehead atoms. The minimum atomic E-state index is -0.318. The summed E-state index contributed by atoms with van der Waals surface area (Å²) in [5.74, 6) is 0. The van der Waals surface area contributed by atoms with Crippen LogP contribution in [-0.2, 0) is 9.53 Å². The monoisotopic (exact) mass is 204 g/mol. The van der Waals surface area contributed by atoms with E-state index in [1.807, 2.05) is 20.8 Å². The second kappa shape index (κ2) is 10.5. The molecule has 0 aliphatic carbocycles. The molecule has 1 aliphatic heterocycles. The molecule has 0 atom stereocenters. The van der Waals surface area contributed by atoms with Crippen molar-refractivity contribution in [2.24, 2.45) is 5.73 Å². The topological polar surface area (TPSA) is 64.3 Å². The highest BCUT2D eigenvalue weighted by molar-refractivity contribution is 5.37. The van der Waals surface area contributed by atoms with Gasteiger partial charge in [0, 0.05) is 0 Å². The van der Waals surface area contributed by atoms with Crippen LogP contribution in [0.25, 0.3) is 0 Å². The van der Waals surface area contributed by atoms with E-state index >= 15 is 0 Å². The third-order valence-electron chi connectivity index (χ3n) is 1.36. The zero-order valence-corrected chi connectivity index (χ0v) is 9.80. The fourth-order valence-corrected chi connectivity index (χ4v) is 0.769. The van der Waals surface area contributed by atoms with Gasteiger partial charge < -0.3 is 15.8 Å². The highest BCUT2D eigenvalue weighted by Crippen LogP contribution is 2.02. The van der Waals surface area contributed by atoms with Crippen LogP contribution in [0.5, 0.6) is 0 Å². The first-order valence-electron chi connectivity index (χ1n) is 4.96. The Balaban J connectivity index is 0. The van der Waals surface area contributed by atoms with Crippen molar-refractivity contribution >= 4 is 6.47 Å². The second-order valence-corrected chi connectivity index (χ2v) is 3.78. The minimum Gasteiger partial charge on any atom is -0.462 e. The van der Waals surface area contributed by atoms with Gasteiger partial charge in [-0.2, -0.15) is 0 Å². The van der Waals surface area contributed by atoms with E-state index < -0.39 is 0 Å². The van der Waals surface area contributed by atoms with Crippen molar-refractivity contribution in [3.63, 3.8) is 0 Å². The Kier molecular flexibility index (Phi) is 11.9. The van der Waals surface area contributed by atoms with Crippen LogP contribution in [0.1, 0.15) is 33.6 Å². The van der Waals surface area contributed by atoms with E-state index in [0.717, 1.165) is 0 Å². The van der Waals surface area contributed by atoms with Gasteiger partial charge >= 0.3 is 0 Å². The van der Waals surface area contributed by atoms with Gasteiger partial charge in [-0.15, -0.1) is 0 Å². The van der Waals surface area contributed by atoms with Gasteiger partial charge in [0.05, 0.1) is 0 Å². The quantitative estimate of drug-likeness (QED) is 0.623. The molecule has 0 aromatic carbocycles. The molecular formula is C10H24N2O2. The Morgan fingerprint density at radius 2 is 1.64 bits per heavy atom. The second-order valence-electron chi connectivity index (χ2n) is 3.78. The molecule has 1 fully saturated rings. The summed E-state index contributed by atoms with van der Waals surface area (Å²) in [6, 6.07) is 0. The van der Waals surface area contributed by atoms with Crippen LogP contribution in [0.3, 0.4) is 0 Å². The normalized spacial score (nSPS) is 14.4. The molecule has 0 aromatic heterocycles. The Bertz CT molecular complexity index is 110. The maximum atomic E-state index is 9.60. The van der Waals surface area contributed by atoms with Crippen molar-refractivity contribution in [1.29, 1.82) is 0 Å². The zero-order chi connectivity index (χ0) is 11.4. The summed E-state index contributed by atoms with van der Waals surface area (Å²) in [6.07, 6.45) is 2.78. The van der Waals surface area contributed by atoms with Crippen molar-refractivity contribution in [2.45, 2.75) is 39.2 Å². The van der Waals surface area contributed by atoms with Gasteiger partial charge in [-0.25, -0.2) is 0 Å². The third kappa shape index (κ3) is 17.5. The first-order valence-corrected chi connectivity index (χ1v) is 4.96. The molecule has 0 spiro atoms. The van der Waals surface area contributed by atoms with Gasteiger partial charge in [0.1, 0.15) is 5.60 Å². The zero-order valence-electron chi connectivity index (χ0n) is 9.80. The molecule has 4 heteroatoms. The van der Waals surface area contributed by atoms with Crippen molar-refractivity contribution in [2.75, 3.05) is 20.1 Å². The fourth-order valence-electron chi connectivity index (χ4n) is 0.769. The van der Waals surface area contributed by atoms with Crippen LogP contribution in [0, 0.1) is 0 Å². The number of carbonyl (C=O) groups is 1. The van der Waals surface area contributed by atoms with E-state index in [0.29, 0.717) is 6.47 Å². The molecule has 0 radical (unpaired) electrons. The molecule has 1 saturated heterocycles. The smallest absolute Gasteiger partial charge is 0.293 e. The van der Waals surface area contributed by atoms with Crippen molar-refractivity contribution < 1.29 is 9.53 Å². The molecule has 0 unspecified atom stereocenters. The number of hydrogen-bond donors (Lipinski definition) is 2. The summed E-state index contributed by atoms with van der Waals surface area (Å²) in [6.45, 7) is 8.42. The SMILES string of the molecule is C1CCNC1.CC(C)(C)OC=O.CN. The molecule has 3 N–H and O–H groups in total. The maximum Gasteiger partial charge on any atom is 0.293 e. The van der Waals surface area contributed by atoms with Gasteiger partial charge in [0.15, 0.2) is 0 Å². The molecule has 1 heterocycles. The molecule has 1 rings (SSSR count). The molecule has 1 aliphatic rings. The number of nitrogens with one attached hydrogen (secondary N) is 1. The molecular weight excluding hydrogens is 180 g/mol. The Hall–Kier alpha value is -0.610. The molecule has 0 aromatic rings. The van der Waals surface area contributed by atoms with E-state index in [1.54, 1.807) is 0 Å². The van der Waals surface area contributed by atoms with Crippen LogP contribution in [0.2, 0.25) is 0 Å². The lowest BCUT2D eigenvalue weighted by atomic mass is 10.2. The molecule has 86 valence electrons. The summed E-state index contributed by atoms with van der Waals surface area (Å²) in [4.78, 5) is 9.60. The Labute approximate surface area is 87.2 Å². The standard InChI is InChI=1S/C5H10O2.C4H9N.CH5N/c1-5(2,3)7-4-6;1-2-4-5-3-1;1-2/h4H,1-3H3;5H,1-4H2;2H2,1H3. The molecule has 0 amide bonds. The van der Waals surface area contributed by atoms with Crippen molar-refractivity contribution in [1.82, 2.24) is 5.32 Å². The number of carbonyl (C=O) groups excluding carboxylic acids is 1. The first kappa shape index (κ1) is 15.8. The molecule has 4 nitrogen and oxygen atoms in total. The lowest BCUT2D eigenvalue weighted by molar-refractivity contribution is -0.138. The van der Waals surface area contributed by atoms with Crippen LogP contribution in [-0.4, -0.2) is 32.2 Å². The van der Waals surface area contributed by atoms with E-state index in [4.69, 9.17) is 0 Å². The average Bonchev–Trinajstić information content (AvgIpc) is 2.62. The van der Waals surface area contributed by atoms with Gasteiger partial charge in [-0.05, 0) is 53.8 Å². The lowest BCUT2D eigenvalue weighted by Gasteiger charge is -2.14. The van der Waals surface area contributed by atoms with Crippen LogP contribution >= 0.6 is 0 Å². The van der Waals surface area contributed by atoms with E-state index in [9.17, 15) is 4.79 Å². The molecule has 14 heavy (non-hydrogen) atoms. The summed E-state index contributed by atoms with van der Waals surface area (Å²) in [7, 11) is 1.50. The number of nitrogens with two attached hydrogens (primary N) is 1. The Morgan fingerprint density at radius 3 is 1.71 bits per heavy atom. The van der Waals surface area contributed by atoms with Crippen molar-refractivity contribution in [3.8, 4) is 0 Å². The summed E-state index contributed by atoms with van der Waals surface area (Å²) < 4.78 is 4.55. The van der Waals surface area contributed by atoms with Gasteiger partial charge in [0.2, 0.25) is 0 Å². The first-order chi connectivity index (χ1) is 6.56. The third-order valence-corrected chi connectivity index (χ3v) is 1.36. The average molecular weight is 204 g/mol. The van der Waals surface area contributed by atoms with Crippen LogP contribution in [0.4, 0.5) is 0 Å². The lowest BCUT2D eigenvalue weighted by Crippen LogP contribution is -2.17. The van der Waals surface area contributed by atoms with E-state index in [2.05, 4.69) is 15.8 Å². The summed E-state index contributed by atoms with van der Waals surface area (Å²) in [5, 5.41) is 3.22. The maximum absolute atomic E-state index is 9.60. The number of rotatable bonds is 1. The predicted octanol–water partition coefficient (Wildman–Crippen LogP) is 0.903. The van der Waals surface area contributed by atoms with Gasteiger partial charge in [0.25, 0.3) is 6.47 Å². The van der Waals surface area contributed by atoms with Crippen LogP contribution < -0.4 is 11.1 Å². The van der Waals surface area contributed by atoms with Crippen molar-refractivity contribution in [3.05, 3.63) is 0 Å². The largest absolute Gasteiger partial charge is 0.462 e. The highest BCUT2D eigenvalue weighted by Gasteiger charge is 2.07. The number of ether oxygens (including phenoxy) is 1. The van der Waals surface area contributed by atoms with E-state index in [1.165, 1.54) is 33.0 Å². The Morgan fingerprint density at radius 1 is 1.21 bits per heavy atom. The van der Waals surface area contributed by atoms with Crippen LogP contribution in [0.15, 0.2) is 0 Å². The van der Waals surface area contributed by atoms with Gasteiger partial charge in [-0.3, -0.25) is 4.79 Å². The number of hydrogen-bond acceptors (Lipinski definition) is 4. The van der Waals surface area contributed by atoms with E-state index in [-0.39, 0.29) is 5.60 Å². The van der Waals surface area contributed by atoms with Gasteiger partial charge in [-0.1, -0.05) is 0 Å². The molecule has 0 saturated carbocycles. The summed E-state index contributed by atoms with van der Waals surface area (Å²) in [5.41, 5.74) is 4.18. The minimum absolute atomic E-state index is 0.318. The predicted molar refractivity (Wildman–Crippen MR) is 59.1 cm³/mol.